The molecule has 0 aromatic heterocycles. The number of carbonyl (C=O) groups is 1. The summed E-state index contributed by atoms with van der Waals surface area (Å²) in [5.41, 5.74) is 8.47. The smallest absolute Gasteiger partial charge is 0.410 e. The summed E-state index contributed by atoms with van der Waals surface area (Å²) in [7, 11) is 0. The molecule has 0 radical (unpaired) electrons. The average molecular weight is 304 g/mol. The molecule has 22 heavy (non-hydrogen) atoms. The molecule has 1 heterocycles. The molecule has 0 spiro atoms. The Labute approximate surface area is 133 Å². The lowest BCUT2D eigenvalue weighted by Crippen LogP contribution is -2.53. The van der Waals surface area contributed by atoms with Crippen LogP contribution in [0.25, 0.3) is 0 Å². The number of nitrogens with zero attached hydrogens (tertiary/aromatic N) is 1. The average Bonchev–Trinajstić information content (AvgIpc) is 2.40. The highest BCUT2D eigenvalue weighted by molar-refractivity contribution is 5.68. The predicted molar refractivity (Wildman–Crippen MR) is 88.8 cm³/mol. The lowest BCUT2D eigenvalue weighted by Gasteiger charge is -2.40. The Morgan fingerprint density at radius 2 is 1.86 bits per heavy atom. The molecule has 1 aliphatic heterocycles. The van der Waals surface area contributed by atoms with Gasteiger partial charge in [-0.15, -0.1) is 0 Å². The Hall–Kier alpha value is -1.55. The first-order valence-electron chi connectivity index (χ1n) is 8.00. The van der Waals surface area contributed by atoms with Crippen LogP contribution in [-0.4, -0.2) is 35.2 Å². The molecule has 4 heteroatoms. The van der Waals surface area contributed by atoms with Crippen molar-refractivity contribution >= 4 is 6.09 Å². The molecule has 1 saturated heterocycles. The third-order valence-corrected chi connectivity index (χ3v) is 4.21. The fourth-order valence-electron chi connectivity index (χ4n) is 2.83. The molecular weight excluding hydrogens is 276 g/mol. The monoisotopic (exact) mass is 304 g/mol. The van der Waals surface area contributed by atoms with Crippen molar-refractivity contribution < 1.29 is 9.53 Å². The van der Waals surface area contributed by atoms with Crippen LogP contribution < -0.4 is 5.73 Å². The van der Waals surface area contributed by atoms with E-state index in [1.165, 1.54) is 11.1 Å². The second-order valence-electron chi connectivity index (χ2n) is 7.43. The molecule has 2 N–H and O–H groups in total. The molecule has 0 aliphatic carbocycles. The Kier molecular flexibility index (Phi) is 4.81. The minimum atomic E-state index is -0.449. The Bertz CT molecular complexity index is 526. The molecule has 122 valence electrons. The molecule has 1 aliphatic rings. The van der Waals surface area contributed by atoms with Gasteiger partial charge in [-0.3, -0.25) is 0 Å². The van der Waals surface area contributed by atoms with Gasteiger partial charge in [-0.2, -0.15) is 0 Å². The van der Waals surface area contributed by atoms with E-state index in [-0.39, 0.29) is 11.6 Å². The van der Waals surface area contributed by atoms with Gasteiger partial charge in [0.2, 0.25) is 0 Å². The second kappa shape index (κ2) is 6.29. The molecule has 1 fully saturated rings. The Balaban J connectivity index is 1.93. The van der Waals surface area contributed by atoms with Crippen LogP contribution in [0.1, 0.15) is 44.7 Å². The molecule has 0 saturated carbocycles. The van der Waals surface area contributed by atoms with E-state index in [1.807, 2.05) is 26.8 Å². The molecular formula is C18H28N2O2. The molecule has 0 bridgehead atoms. The summed E-state index contributed by atoms with van der Waals surface area (Å²) in [6.45, 7) is 9.11. The number of aryl methyl sites for hydroxylation is 1. The first-order valence-corrected chi connectivity index (χ1v) is 8.00. The zero-order valence-corrected chi connectivity index (χ0v) is 14.2. The molecule has 0 atom stereocenters. The number of benzene rings is 1. The van der Waals surface area contributed by atoms with E-state index in [1.54, 1.807) is 4.90 Å². The lowest BCUT2D eigenvalue weighted by atomic mass is 9.82. The lowest BCUT2D eigenvalue weighted by molar-refractivity contribution is 0.0169. The highest BCUT2D eigenvalue weighted by Gasteiger charge is 2.34. The van der Waals surface area contributed by atoms with Crippen LogP contribution in [-0.2, 0) is 11.2 Å². The minimum Gasteiger partial charge on any atom is -0.444 e. The molecule has 1 aromatic rings. The van der Waals surface area contributed by atoms with E-state index in [4.69, 9.17) is 10.5 Å². The Morgan fingerprint density at radius 1 is 1.27 bits per heavy atom. The largest absolute Gasteiger partial charge is 0.444 e. The van der Waals surface area contributed by atoms with Gasteiger partial charge in [0.15, 0.2) is 0 Å². The third-order valence-electron chi connectivity index (χ3n) is 4.21. The van der Waals surface area contributed by atoms with Crippen molar-refractivity contribution in [2.75, 3.05) is 13.1 Å². The number of carbonyl (C=O) groups excluding carboxylic acids is 1. The van der Waals surface area contributed by atoms with E-state index < -0.39 is 5.60 Å². The summed E-state index contributed by atoms with van der Waals surface area (Å²) in [4.78, 5) is 13.9. The number of piperidine rings is 1. The quantitative estimate of drug-likeness (QED) is 0.912. The van der Waals surface area contributed by atoms with Gasteiger partial charge in [0.05, 0.1) is 0 Å². The number of hydrogen-bond acceptors (Lipinski definition) is 3. The van der Waals surface area contributed by atoms with Crippen molar-refractivity contribution in [2.45, 2.75) is 58.1 Å². The Morgan fingerprint density at radius 3 is 2.41 bits per heavy atom. The van der Waals surface area contributed by atoms with E-state index in [9.17, 15) is 4.79 Å². The van der Waals surface area contributed by atoms with Crippen LogP contribution in [0.15, 0.2) is 24.3 Å². The fourth-order valence-corrected chi connectivity index (χ4v) is 2.83. The highest BCUT2D eigenvalue weighted by atomic mass is 16.6. The van der Waals surface area contributed by atoms with Gasteiger partial charge in [0, 0.05) is 18.6 Å². The maximum Gasteiger partial charge on any atom is 0.410 e. The standard InChI is InChI=1S/C18H28N2O2/c1-14-7-5-6-8-15(14)13-18(19)9-11-20(12-10-18)16(21)22-17(2,3)4/h5-8H,9-13,19H2,1-4H3. The fraction of sp³-hybridized carbons (Fsp3) is 0.611. The van der Waals surface area contributed by atoms with Gasteiger partial charge >= 0.3 is 6.09 Å². The summed E-state index contributed by atoms with van der Waals surface area (Å²) in [6, 6.07) is 8.37. The van der Waals surface area contributed by atoms with Crippen LogP contribution >= 0.6 is 0 Å². The molecule has 1 amide bonds. The number of hydrogen-bond donors (Lipinski definition) is 1. The summed E-state index contributed by atoms with van der Waals surface area (Å²) in [5.74, 6) is 0. The highest BCUT2D eigenvalue weighted by Crippen LogP contribution is 2.26. The maximum atomic E-state index is 12.1. The van der Waals surface area contributed by atoms with E-state index in [0.717, 1.165) is 19.3 Å². The van der Waals surface area contributed by atoms with Gasteiger partial charge in [-0.05, 0) is 58.1 Å². The second-order valence-corrected chi connectivity index (χ2v) is 7.43. The third kappa shape index (κ3) is 4.47. The van der Waals surface area contributed by atoms with Crippen LogP contribution in [0.3, 0.4) is 0 Å². The van der Waals surface area contributed by atoms with Crippen molar-refractivity contribution in [3.05, 3.63) is 35.4 Å². The first-order chi connectivity index (χ1) is 10.2. The maximum absolute atomic E-state index is 12.1. The summed E-state index contributed by atoms with van der Waals surface area (Å²) in [6.07, 6.45) is 2.24. The number of likely N-dealkylation sites (tertiary alicyclic amines) is 1. The van der Waals surface area contributed by atoms with Crippen molar-refractivity contribution in [3.63, 3.8) is 0 Å². The van der Waals surface area contributed by atoms with Gasteiger partial charge in [0.1, 0.15) is 5.60 Å². The summed E-state index contributed by atoms with van der Waals surface area (Å²) >= 11 is 0. The van der Waals surface area contributed by atoms with Crippen molar-refractivity contribution in [3.8, 4) is 0 Å². The zero-order chi connectivity index (χ0) is 16.4. The molecule has 0 unspecified atom stereocenters. The number of rotatable bonds is 2. The topological polar surface area (TPSA) is 55.6 Å². The van der Waals surface area contributed by atoms with E-state index in [2.05, 4.69) is 25.1 Å². The number of nitrogens with two attached hydrogens (primary N) is 1. The molecule has 1 aromatic carbocycles. The van der Waals surface area contributed by atoms with Crippen molar-refractivity contribution in [2.24, 2.45) is 5.73 Å². The van der Waals surface area contributed by atoms with E-state index >= 15 is 0 Å². The van der Waals surface area contributed by atoms with Gasteiger partial charge in [-0.25, -0.2) is 4.79 Å². The van der Waals surface area contributed by atoms with Crippen LogP contribution in [0.5, 0.6) is 0 Å². The SMILES string of the molecule is Cc1ccccc1CC1(N)CCN(C(=O)OC(C)(C)C)CC1. The van der Waals surface area contributed by atoms with Crippen LogP contribution in [0.4, 0.5) is 4.79 Å². The normalized spacial score (nSPS) is 18.1. The van der Waals surface area contributed by atoms with Crippen molar-refractivity contribution in [1.29, 1.82) is 0 Å². The first kappa shape index (κ1) is 16.8. The summed E-state index contributed by atoms with van der Waals surface area (Å²) in [5, 5.41) is 0. The van der Waals surface area contributed by atoms with Gasteiger partial charge in [0.25, 0.3) is 0 Å². The van der Waals surface area contributed by atoms with Crippen LogP contribution in [0.2, 0.25) is 0 Å². The van der Waals surface area contributed by atoms with E-state index in [0.29, 0.717) is 13.1 Å². The molecule has 4 nitrogen and oxygen atoms in total. The number of ether oxygens (including phenoxy) is 1. The van der Waals surface area contributed by atoms with Crippen LogP contribution in [0, 0.1) is 6.92 Å². The van der Waals surface area contributed by atoms with Gasteiger partial charge in [-0.1, -0.05) is 24.3 Å². The zero-order valence-electron chi connectivity index (χ0n) is 14.2. The van der Waals surface area contributed by atoms with Crippen molar-refractivity contribution in [1.82, 2.24) is 4.90 Å². The summed E-state index contributed by atoms with van der Waals surface area (Å²) < 4.78 is 5.43. The van der Waals surface area contributed by atoms with Gasteiger partial charge < -0.3 is 15.4 Å². The predicted octanol–water partition coefficient (Wildman–Crippen LogP) is 3.27. The minimum absolute atomic E-state index is 0.231. The molecule has 2 rings (SSSR count). The number of amides is 1.